The predicted octanol–water partition coefficient (Wildman–Crippen LogP) is 2.62. The van der Waals surface area contributed by atoms with Crippen LogP contribution in [0.1, 0.15) is 26.2 Å². The molecule has 2 rings (SSSR count). The number of nitrogens with one attached hydrogen (secondary N) is 1. The number of rotatable bonds is 7. The molecule has 2 heterocycles. The highest BCUT2D eigenvalue weighted by atomic mass is 16.6. The second-order valence-electron chi connectivity index (χ2n) is 5.10. The third-order valence-corrected chi connectivity index (χ3v) is 3.36. The molecule has 0 bridgehead atoms. The number of hydrogen-bond acceptors (Lipinski definition) is 6. The number of ether oxygens (including phenoxy) is 2. The SMILES string of the molecule is CCCNc1cc([N+](=O)[O-])cc(OCC2CCOCC2)n1. The fraction of sp³-hybridized carbons (Fsp3) is 0.643. The fourth-order valence-corrected chi connectivity index (χ4v) is 2.13. The van der Waals surface area contributed by atoms with Crippen LogP contribution >= 0.6 is 0 Å². The Balaban J connectivity index is 2.02. The summed E-state index contributed by atoms with van der Waals surface area (Å²) in [6, 6.07) is 2.80. The molecule has 0 radical (unpaired) electrons. The van der Waals surface area contributed by atoms with Crippen LogP contribution in [0.15, 0.2) is 12.1 Å². The Morgan fingerprint density at radius 1 is 1.48 bits per heavy atom. The van der Waals surface area contributed by atoms with Crippen LogP contribution in [0.3, 0.4) is 0 Å². The molecule has 21 heavy (non-hydrogen) atoms. The second-order valence-corrected chi connectivity index (χ2v) is 5.10. The quantitative estimate of drug-likeness (QED) is 0.614. The lowest BCUT2D eigenvalue weighted by Gasteiger charge is -2.21. The first-order valence-corrected chi connectivity index (χ1v) is 7.30. The zero-order valence-electron chi connectivity index (χ0n) is 12.2. The molecule has 1 aliphatic heterocycles. The van der Waals surface area contributed by atoms with Crippen LogP contribution in [-0.4, -0.2) is 36.3 Å². The van der Waals surface area contributed by atoms with Gasteiger partial charge in [0.1, 0.15) is 5.82 Å². The van der Waals surface area contributed by atoms with E-state index in [1.165, 1.54) is 12.1 Å². The van der Waals surface area contributed by atoms with Gasteiger partial charge in [-0.05, 0) is 25.2 Å². The lowest BCUT2D eigenvalue weighted by molar-refractivity contribution is -0.384. The van der Waals surface area contributed by atoms with Crippen molar-refractivity contribution in [2.24, 2.45) is 5.92 Å². The van der Waals surface area contributed by atoms with E-state index in [4.69, 9.17) is 9.47 Å². The highest BCUT2D eigenvalue weighted by Gasteiger charge is 2.16. The zero-order chi connectivity index (χ0) is 15.1. The summed E-state index contributed by atoms with van der Waals surface area (Å²) in [4.78, 5) is 14.8. The molecule has 0 aliphatic carbocycles. The van der Waals surface area contributed by atoms with E-state index in [0.29, 0.717) is 30.8 Å². The van der Waals surface area contributed by atoms with Crippen LogP contribution in [0.5, 0.6) is 5.88 Å². The number of nitro groups is 1. The molecule has 0 aromatic carbocycles. The normalized spacial score (nSPS) is 15.7. The van der Waals surface area contributed by atoms with E-state index >= 15 is 0 Å². The van der Waals surface area contributed by atoms with Crippen molar-refractivity contribution in [1.82, 2.24) is 4.98 Å². The fourth-order valence-electron chi connectivity index (χ4n) is 2.13. The van der Waals surface area contributed by atoms with E-state index < -0.39 is 4.92 Å². The van der Waals surface area contributed by atoms with Gasteiger partial charge in [0.2, 0.25) is 5.88 Å². The number of aromatic nitrogens is 1. The minimum Gasteiger partial charge on any atom is -0.477 e. The van der Waals surface area contributed by atoms with Gasteiger partial charge >= 0.3 is 0 Å². The maximum Gasteiger partial charge on any atom is 0.278 e. The summed E-state index contributed by atoms with van der Waals surface area (Å²) in [6.07, 6.45) is 2.83. The summed E-state index contributed by atoms with van der Waals surface area (Å²) in [7, 11) is 0. The van der Waals surface area contributed by atoms with Gasteiger partial charge in [0.05, 0.1) is 23.7 Å². The molecule has 0 amide bonds. The molecule has 1 N–H and O–H groups in total. The van der Waals surface area contributed by atoms with Gasteiger partial charge in [-0.15, -0.1) is 0 Å². The van der Waals surface area contributed by atoms with Crippen molar-refractivity contribution in [3.05, 3.63) is 22.2 Å². The first-order valence-electron chi connectivity index (χ1n) is 7.30. The van der Waals surface area contributed by atoms with Gasteiger partial charge in [-0.25, -0.2) is 0 Å². The third kappa shape index (κ3) is 4.86. The van der Waals surface area contributed by atoms with E-state index in [0.717, 1.165) is 32.5 Å². The van der Waals surface area contributed by atoms with Gasteiger partial charge < -0.3 is 14.8 Å². The first kappa shape index (κ1) is 15.5. The Kier molecular flexibility index (Phi) is 5.74. The standard InChI is InChI=1S/C14H21N3O4/c1-2-5-15-13-8-12(17(18)19)9-14(16-13)21-10-11-3-6-20-7-4-11/h8-9,11H,2-7,10H2,1H3,(H,15,16). The van der Waals surface area contributed by atoms with E-state index in [2.05, 4.69) is 10.3 Å². The molecule has 0 saturated carbocycles. The maximum atomic E-state index is 11.0. The van der Waals surface area contributed by atoms with Crippen LogP contribution in [0, 0.1) is 16.0 Å². The number of anilines is 1. The van der Waals surface area contributed by atoms with Crippen LogP contribution < -0.4 is 10.1 Å². The third-order valence-electron chi connectivity index (χ3n) is 3.36. The Morgan fingerprint density at radius 2 is 2.24 bits per heavy atom. The zero-order valence-corrected chi connectivity index (χ0v) is 12.2. The molecule has 1 aromatic heterocycles. The van der Waals surface area contributed by atoms with Crippen molar-refractivity contribution >= 4 is 11.5 Å². The highest BCUT2D eigenvalue weighted by molar-refractivity contribution is 5.48. The summed E-state index contributed by atoms with van der Waals surface area (Å²) in [6.45, 7) is 4.75. The summed E-state index contributed by atoms with van der Waals surface area (Å²) < 4.78 is 10.9. The van der Waals surface area contributed by atoms with Gasteiger partial charge in [-0.3, -0.25) is 10.1 Å². The molecule has 7 heteroatoms. The molecule has 0 atom stereocenters. The predicted molar refractivity (Wildman–Crippen MR) is 78.7 cm³/mol. The topological polar surface area (TPSA) is 86.5 Å². The van der Waals surface area contributed by atoms with Crippen LogP contribution in [0.25, 0.3) is 0 Å². The number of hydrogen-bond donors (Lipinski definition) is 1. The van der Waals surface area contributed by atoms with Gasteiger partial charge in [-0.1, -0.05) is 6.92 Å². The molecular formula is C14H21N3O4. The maximum absolute atomic E-state index is 11.0. The summed E-state index contributed by atoms with van der Waals surface area (Å²) >= 11 is 0. The Labute approximate surface area is 123 Å². The first-order chi connectivity index (χ1) is 10.2. The monoisotopic (exact) mass is 295 g/mol. The Bertz CT molecular complexity index is 475. The molecule has 0 unspecified atom stereocenters. The minimum absolute atomic E-state index is 0.00872. The molecule has 116 valence electrons. The molecule has 1 aliphatic rings. The van der Waals surface area contributed by atoms with E-state index in [1.54, 1.807) is 0 Å². The lowest BCUT2D eigenvalue weighted by atomic mass is 10.0. The van der Waals surface area contributed by atoms with Gasteiger partial charge in [0.15, 0.2) is 0 Å². The van der Waals surface area contributed by atoms with Crippen molar-refractivity contribution in [3.63, 3.8) is 0 Å². The minimum atomic E-state index is -0.430. The highest BCUT2D eigenvalue weighted by Crippen LogP contribution is 2.23. The average molecular weight is 295 g/mol. The molecular weight excluding hydrogens is 274 g/mol. The van der Waals surface area contributed by atoms with E-state index in [-0.39, 0.29) is 5.69 Å². The van der Waals surface area contributed by atoms with Crippen LogP contribution in [0.2, 0.25) is 0 Å². The van der Waals surface area contributed by atoms with Crippen LogP contribution in [0.4, 0.5) is 11.5 Å². The van der Waals surface area contributed by atoms with Crippen molar-refractivity contribution < 1.29 is 14.4 Å². The number of nitrogens with zero attached hydrogens (tertiary/aromatic N) is 2. The van der Waals surface area contributed by atoms with Gasteiger partial charge in [-0.2, -0.15) is 4.98 Å². The largest absolute Gasteiger partial charge is 0.477 e. The lowest BCUT2D eigenvalue weighted by Crippen LogP contribution is -2.21. The van der Waals surface area contributed by atoms with E-state index in [9.17, 15) is 10.1 Å². The Hall–Kier alpha value is -1.89. The van der Waals surface area contributed by atoms with Gasteiger partial charge in [0.25, 0.3) is 5.69 Å². The summed E-state index contributed by atoms with van der Waals surface area (Å²) in [5.74, 6) is 1.20. The van der Waals surface area contributed by atoms with Crippen molar-refractivity contribution in [2.75, 3.05) is 31.7 Å². The van der Waals surface area contributed by atoms with Crippen molar-refractivity contribution in [1.29, 1.82) is 0 Å². The molecule has 1 fully saturated rings. The second kappa shape index (κ2) is 7.78. The summed E-state index contributed by atoms with van der Waals surface area (Å²) in [5.41, 5.74) is -0.00872. The molecule has 1 saturated heterocycles. The van der Waals surface area contributed by atoms with E-state index in [1.807, 2.05) is 6.92 Å². The van der Waals surface area contributed by atoms with Crippen LogP contribution in [-0.2, 0) is 4.74 Å². The Morgan fingerprint density at radius 3 is 2.90 bits per heavy atom. The average Bonchev–Trinajstić information content (AvgIpc) is 2.51. The molecule has 0 spiro atoms. The van der Waals surface area contributed by atoms with Crippen molar-refractivity contribution in [3.8, 4) is 5.88 Å². The molecule has 7 nitrogen and oxygen atoms in total. The van der Waals surface area contributed by atoms with Gasteiger partial charge in [0, 0.05) is 19.8 Å². The number of pyridine rings is 1. The smallest absolute Gasteiger partial charge is 0.278 e. The van der Waals surface area contributed by atoms with Crippen molar-refractivity contribution in [2.45, 2.75) is 26.2 Å². The molecule has 1 aromatic rings. The summed E-state index contributed by atoms with van der Waals surface area (Å²) in [5, 5.41) is 14.0.